The molecule has 32 heavy (non-hydrogen) atoms. The Morgan fingerprint density at radius 2 is 1.75 bits per heavy atom. The van der Waals surface area contributed by atoms with Crippen molar-refractivity contribution in [2.24, 2.45) is 5.92 Å². The molecule has 5 rings (SSSR count). The van der Waals surface area contributed by atoms with Gasteiger partial charge in [-0.1, -0.05) is 42.5 Å². The molecule has 0 N–H and O–H groups in total. The molecule has 3 aromatic rings. The number of piperidine rings is 1. The molecule has 166 valence electrons. The molecule has 0 aliphatic carbocycles. The van der Waals surface area contributed by atoms with Crippen molar-refractivity contribution in [3.63, 3.8) is 0 Å². The van der Waals surface area contributed by atoms with Gasteiger partial charge in [-0.2, -0.15) is 0 Å². The van der Waals surface area contributed by atoms with E-state index in [0.29, 0.717) is 5.92 Å². The third-order valence-corrected chi connectivity index (χ3v) is 7.63. The maximum absolute atomic E-state index is 13.2. The van der Waals surface area contributed by atoms with Gasteiger partial charge in [0.1, 0.15) is 0 Å². The van der Waals surface area contributed by atoms with E-state index in [1.807, 2.05) is 0 Å². The number of hydrogen-bond donors (Lipinski definition) is 0. The molecule has 0 spiro atoms. The van der Waals surface area contributed by atoms with E-state index in [-0.39, 0.29) is 5.91 Å². The number of carbonyl (C=O) groups is 1. The first kappa shape index (κ1) is 21.2. The molecule has 0 radical (unpaired) electrons. The number of nitrogens with zero attached hydrogens (tertiary/aromatic N) is 2. The van der Waals surface area contributed by atoms with E-state index in [1.54, 1.807) is 0 Å². The standard InChI is InChI=1S/C29H34N2O/c1-20-10-11-24-8-4-5-9-26(24)28(20)19-30-13-6-7-23(17-30)18-31-14-12-25-15-21(2)22(3)16-27(25)29(31)32/h4-5,8-11,15-16,23H,6-7,12-14,17-19H2,1-3H3. The molecule has 1 amide bonds. The summed E-state index contributed by atoms with van der Waals surface area (Å²) in [6, 6.07) is 17.5. The van der Waals surface area contributed by atoms with Crippen molar-refractivity contribution < 1.29 is 4.79 Å². The highest BCUT2D eigenvalue weighted by molar-refractivity contribution is 5.97. The van der Waals surface area contributed by atoms with Crippen LogP contribution in [0, 0.1) is 26.7 Å². The second kappa shape index (κ2) is 8.71. The van der Waals surface area contributed by atoms with Crippen LogP contribution in [0.1, 0.15) is 51.0 Å². The topological polar surface area (TPSA) is 23.6 Å². The highest BCUT2D eigenvalue weighted by atomic mass is 16.2. The lowest BCUT2D eigenvalue weighted by Crippen LogP contribution is -2.45. The van der Waals surface area contributed by atoms with Gasteiger partial charge in [0.2, 0.25) is 0 Å². The Kier molecular flexibility index (Phi) is 5.77. The zero-order valence-corrected chi connectivity index (χ0v) is 19.7. The van der Waals surface area contributed by atoms with Gasteiger partial charge in [-0.05, 0) is 97.2 Å². The monoisotopic (exact) mass is 426 g/mol. The molecule has 1 fully saturated rings. The van der Waals surface area contributed by atoms with E-state index in [0.717, 1.165) is 44.7 Å². The van der Waals surface area contributed by atoms with Gasteiger partial charge >= 0.3 is 0 Å². The van der Waals surface area contributed by atoms with E-state index >= 15 is 0 Å². The van der Waals surface area contributed by atoms with Crippen LogP contribution in [0.25, 0.3) is 10.8 Å². The fraction of sp³-hybridized carbons (Fsp3) is 0.414. The van der Waals surface area contributed by atoms with Crippen LogP contribution in [0.15, 0.2) is 48.5 Å². The minimum atomic E-state index is 0.233. The minimum absolute atomic E-state index is 0.233. The van der Waals surface area contributed by atoms with Crippen molar-refractivity contribution in [2.75, 3.05) is 26.2 Å². The van der Waals surface area contributed by atoms with Crippen molar-refractivity contribution in [1.82, 2.24) is 9.80 Å². The van der Waals surface area contributed by atoms with E-state index < -0.39 is 0 Å². The van der Waals surface area contributed by atoms with Gasteiger partial charge in [0.25, 0.3) is 5.91 Å². The number of likely N-dealkylation sites (tertiary alicyclic amines) is 1. The number of amides is 1. The van der Waals surface area contributed by atoms with Gasteiger partial charge < -0.3 is 4.90 Å². The number of aryl methyl sites for hydroxylation is 3. The molecule has 3 heteroatoms. The van der Waals surface area contributed by atoms with Gasteiger partial charge in [0.05, 0.1) is 0 Å². The Morgan fingerprint density at radius 3 is 2.62 bits per heavy atom. The molecule has 3 aromatic carbocycles. The average Bonchev–Trinajstić information content (AvgIpc) is 2.79. The van der Waals surface area contributed by atoms with Crippen LogP contribution in [0.5, 0.6) is 0 Å². The van der Waals surface area contributed by atoms with Crippen molar-refractivity contribution >= 4 is 16.7 Å². The summed E-state index contributed by atoms with van der Waals surface area (Å²) < 4.78 is 0. The van der Waals surface area contributed by atoms with Gasteiger partial charge in [0, 0.05) is 31.7 Å². The zero-order valence-electron chi connectivity index (χ0n) is 19.7. The van der Waals surface area contributed by atoms with Crippen LogP contribution in [-0.2, 0) is 13.0 Å². The molecule has 1 saturated heterocycles. The van der Waals surface area contributed by atoms with Crippen LogP contribution in [0.2, 0.25) is 0 Å². The Bertz CT molecular complexity index is 1170. The summed E-state index contributed by atoms with van der Waals surface area (Å²) in [6.07, 6.45) is 3.41. The van der Waals surface area contributed by atoms with E-state index in [4.69, 9.17) is 0 Å². The van der Waals surface area contributed by atoms with Gasteiger partial charge in [-0.25, -0.2) is 0 Å². The predicted molar refractivity (Wildman–Crippen MR) is 132 cm³/mol. The molecule has 0 bridgehead atoms. The van der Waals surface area contributed by atoms with E-state index in [2.05, 4.69) is 79.1 Å². The predicted octanol–water partition coefficient (Wildman–Crippen LogP) is 5.68. The van der Waals surface area contributed by atoms with E-state index in [9.17, 15) is 4.79 Å². The average molecular weight is 427 g/mol. The summed E-state index contributed by atoms with van der Waals surface area (Å²) in [7, 11) is 0. The number of fused-ring (bicyclic) bond motifs is 2. The summed E-state index contributed by atoms with van der Waals surface area (Å²) in [4.78, 5) is 18.0. The first-order chi connectivity index (χ1) is 15.5. The third kappa shape index (κ3) is 4.06. The Hall–Kier alpha value is -2.65. The van der Waals surface area contributed by atoms with Crippen LogP contribution in [0.3, 0.4) is 0 Å². The number of benzene rings is 3. The molecule has 2 aliphatic rings. The number of carbonyl (C=O) groups excluding carboxylic acids is 1. The molecule has 3 nitrogen and oxygen atoms in total. The summed E-state index contributed by atoms with van der Waals surface area (Å²) in [5.41, 5.74) is 7.49. The second-order valence-electron chi connectivity index (χ2n) is 9.92. The minimum Gasteiger partial charge on any atom is -0.338 e. The third-order valence-electron chi connectivity index (χ3n) is 7.63. The fourth-order valence-corrected chi connectivity index (χ4v) is 5.62. The molecule has 2 heterocycles. The Morgan fingerprint density at radius 1 is 0.938 bits per heavy atom. The first-order valence-electron chi connectivity index (χ1n) is 12.1. The van der Waals surface area contributed by atoms with Gasteiger partial charge in [0.15, 0.2) is 0 Å². The smallest absolute Gasteiger partial charge is 0.254 e. The van der Waals surface area contributed by atoms with Crippen molar-refractivity contribution in [3.8, 4) is 0 Å². The summed E-state index contributed by atoms with van der Waals surface area (Å²) >= 11 is 0. The maximum atomic E-state index is 13.2. The quantitative estimate of drug-likeness (QED) is 0.536. The number of hydrogen-bond acceptors (Lipinski definition) is 2. The molecular weight excluding hydrogens is 392 g/mol. The largest absolute Gasteiger partial charge is 0.338 e. The lowest BCUT2D eigenvalue weighted by Gasteiger charge is -2.37. The van der Waals surface area contributed by atoms with Crippen molar-refractivity contribution in [2.45, 2.75) is 46.6 Å². The second-order valence-corrected chi connectivity index (χ2v) is 9.92. The highest BCUT2D eigenvalue weighted by Gasteiger charge is 2.29. The summed E-state index contributed by atoms with van der Waals surface area (Å²) in [5, 5.41) is 2.70. The summed E-state index contributed by atoms with van der Waals surface area (Å²) in [6.45, 7) is 11.4. The Labute approximate surface area is 192 Å². The Balaban J connectivity index is 1.29. The van der Waals surface area contributed by atoms with Gasteiger partial charge in [-0.15, -0.1) is 0 Å². The van der Waals surface area contributed by atoms with Crippen molar-refractivity contribution in [1.29, 1.82) is 0 Å². The summed E-state index contributed by atoms with van der Waals surface area (Å²) in [5.74, 6) is 0.785. The molecule has 1 atom stereocenters. The van der Waals surface area contributed by atoms with Crippen LogP contribution in [0.4, 0.5) is 0 Å². The fourth-order valence-electron chi connectivity index (χ4n) is 5.62. The lowest BCUT2D eigenvalue weighted by molar-refractivity contribution is 0.0657. The lowest BCUT2D eigenvalue weighted by atomic mass is 9.91. The van der Waals surface area contributed by atoms with Gasteiger partial charge in [-0.3, -0.25) is 9.69 Å². The van der Waals surface area contributed by atoms with Crippen LogP contribution in [-0.4, -0.2) is 41.9 Å². The van der Waals surface area contributed by atoms with Crippen LogP contribution < -0.4 is 0 Å². The first-order valence-corrected chi connectivity index (χ1v) is 12.1. The molecule has 0 aromatic heterocycles. The van der Waals surface area contributed by atoms with E-state index in [1.165, 1.54) is 51.4 Å². The van der Waals surface area contributed by atoms with Crippen molar-refractivity contribution in [3.05, 3.63) is 81.9 Å². The molecular formula is C29H34N2O. The van der Waals surface area contributed by atoms with Crippen LogP contribution >= 0.6 is 0 Å². The molecule has 2 aliphatic heterocycles. The molecule has 1 unspecified atom stereocenters. The highest BCUT2D eigenvalue weighted by Crippen LogP contribution is 2.28. The SMILES string of the molecule is Cc1cc2c(cc1C)C(=O)N(CC1CCCN(Cc3c(C)ccc4ccccc34)C1)CC2. The maximum Gasteiger partial charge on any atom is 0.254 e. The number of rotatable bonds is 4. The molecule has 0 saturated carbocycles. The normalized spacial score (nSPS) is 19.4. The zero-order chi connectivity index (χ0) is 22.2.